The Labute approximate surface area is 81.1 Å². The van der Waals surface area contributed by atoms with Crippen LogP contribution in [-0.4, -0.2) is 11.7 Å². The lowest BCUT2D eigenvalue weighted by atomic mass is 10.2. The fourth-order valence-electron chi connectivity index (χ4n) is 1.05. The van der Waals surface area contributed by atoms with Gasteiger partial charge in [0.1, 0.15) is 0 Å². The highest BCUT2D eigenvalue weighted by Crippen LogP contribution is 2.23. The average molecular weight is 202 g/mol. The van der Waals surface area contributed by atoms with Gasteiger partial charge >= 0.3 is 0 Å². The summed E-state index contributed by atoms with van der Waals surface area (Å²) in [5, 5.41) is 8.68. The third-order valence-corrected chi connectivity index (χ3v) is 1.69. The number of rotatable bonds is 4. The highest BCUT2D eigenvalue weighted by Gasteiger charge is 2.11. The summed E-state index contributed by atoms with van der Waals surface area (Å²) >= 11 is 0. The summed E-state index contributed by atoms with van der Waals surface area (Å²) in [7, 11) is 0. The van der Waals surface area contributed by atoms with Crippen LogP contribution in [0.25, 0.3) is 0 Å². The predicted octanol–water partition coefficient (Wildman–Crippen LogP) is 2.25. The summed E-state index contributed by atoms with van der Waals surface area (Å²) in [6.45, 7) is 1.73. The van der Waals surface area contributed by atoms with Gasteiger partial charge in [0.2, 0.25) is 0 Å². The van der Waals surface area contributed by atoms with Gasteiger partial charge in [-0.05, 0) is 24.1 Å². The predicted molar refractivity (Wildman–Crippen MR) is 48.1 cm³/mol. The Morgan fingerprint density at radius 1 is 1.29 bits per heavy atom. The molecule has 0 saturated heterocycles. The smallest absolute Gasteiger partial charge is 0.190 e. The molecule has 1 rings (SSSR count). The molecular weight excluding hydrogens is 190 g/mol. The summed E-state index contributed by atoms with van der Waals surface area (Å²) in [4.78, 5) is 0. The molecule has 4 heteroatoms. The number of aliphatic hydroxyl groups is 1. The first-order valence-electron chi connectivity index (χ1n) is 4.40. The molecular formula is C10H12F2O2. The number of aliphatic hydroxyl groups excluding tert-OH is 1. The Bertz CT molecular complexity index is 290. The second-order valence-electron chi connectivity index (χ2n) is 2.90. The monoisotopic (exact) mass is 202 g/mol. The van der Waals surface area contributed by atoms with E-state index in [-0.39, 0.29) is 24.5 Å². The standard InChI is InChI=1S/C10H12F2O2/c1-2-3-14-10-8(11)4-7(6-13)5-9(10)12/h4-5,13H,2-3,6H2,1H3. The van der Waals surface area contributed by atoms with Gasteiger partial charge in [0.05, 0.1) is 13.2 Å². The van der Waals surface area contributed by atoms with E-state index in [9.17, 15) is 8.78 Å². The van der Waals surface area contributed by atoms with Crippen molar-refractivity contribution in [3.05, 3.63) is 29.3 Å². The van der Waals surface area contributed by atoms with Gasteiger partial charge in [0.25, 0.3) is 0 Å². The summed E-state index contributed by atoms with van der Waals surface area (Å²) in [5.41, 5.74) is 0.198. The van der Waals surface area contributed by atoms with E-state index in [0.717, 1.165) is 12.1 Å². The molecule has 0 radical (unpaired) electrons. The Balaban J connectivity index is 2.93. The van der Waals surface area contributed by atoms with Crippen LogP contribution in [0.2, 0.25) is 0 Å². The van der Waals surface area contributed by atoms with Crippen LogP contribution >= 0.6 is 0 Å². The Hall–Kier alpha value is -1.16. The van der Waals surface area contributed by atoms with Crippen molar-refractivity contribution in [2.24, 2.45) is 0 Å². The lowest BCUT2D eigenvalue weighted by Gasteiger charge is -2.08. The maximum atomic E-state index is 13.1. The molecule has 1 aromatic carbocycles. The molecule has 0 bridgehead atoms. The zero-order valence-electron chi connectivity index (χ0n) is 7.89. The second kappa shape index (κ2) is 4.91. The van der Waals surface area contributed by atoms with Crippen molar-refractivity contribution in [2.75, 3.05) is 6.61 Å². The van der Waals surface area contributed by atoms with Crippen LogP contribution in [0.15, 0.2) is 12.1 Å². The van der Waals surface area contributed by atoms with Gasteiger partial charge in [0, 0.05) is 0 Å². The molecule has 2 nitrogen and oxygen atoms in total. The van der Waals surface area contributed by atoms with Gasteiger partial charge in [-0.3, -0.25) is 0 Å². The van der Waals surface area contributed by atoms with Crippen molar-refractivity contribution in [1.29, 1.82) is 0 Å². The first-order chi connectivity index (χ1) is 6.69. The van der Waals surface area contributed by atoms with Crippen molar-refractivity contribution in [2.45, 2.75) is 20.0 Å². The van der Waals surface area contributed by atoms with Crippen LogP contribution in [0.1, 0.15) is 18.9 Å². The molecule has 0 aliphatic heterocycles. The molecule has 0 heterocycles. The van der Waals surface area contributed by atoms with E-state index in [2.05, 4.69) is 0 Å². The van der Waals surface area contributed by atoms with E-state index in [1.54, 1.807) is 0 Å². The quantitative estimate of drug-likeness (QED) is 0.811. The fraction of sp³-hybridized carbons (Fsp3) is 0.400. The van der Waals surface area contributed by atoms with Crippen LogP contribution in [0.4, 0.5) is 8.78 Å². The van der Waals surface area contributed by atoms with Crippen LogP contribution in [0.3, 0.4) is 0 Å². The van der Waals surface area contributed by atoms with Crippen LogP contribution in [-0.2, 0) is 6.61 Å². The third kappa shape index (κ3) is 2.42. The van der Waals surface area contributed by atoms with Gasteiger partial charge in [-0.25, -0.2) is 8.78 Å². The molecule has 0 aliphatic rings. The van der Waals surface area contributed by atoms with Crippen molar-refractivity contribution in [1.82, 2.24) is 0 Å². The van der Waals surface area contributed by atoms with Gasteiger partial charge in [-0.15, -0.1) is 0 Å². The zero-order chi connectivity index (χ0) is 10.6. The van der Waals surface area contributed by atoms with E-state index in [1.807, 2.05) is 6.92 Å². The number of hydrogen-bond donors (Lipinski definition) is 1. The second-order valence-corrected chi connectivity index (χ2v) is 2.90. The molecule has 14 heavy (non-hydrogen) atoms. The molecule has 0 amide bonds. The Morgan fingerprint density at radius 2 is 1.86 bits per heavy atom. The first-order valence-corrected chi connectivity index (χ1v) is 4.40. The lowest BCUT2D eigenvalue weighted by molar-refractivity contribution is 0.272. The van der Waals surface area contributed by atoms with E-state index >= 15 is 0 Å². The van der Waals surface area contributed by atoms with Gasteiger partial charge in [0.15, 0.2) is 17.4 Å². The molecule has 0 aliphatic carbocycles. The normalized spacial score (nSPS) is 10.3. The first kappa shape index (κ1) is 10.9. The topological polar surface area (TPSA) is 29.5 Å². The lowest BCUT2D eigenvalue weighted by Crippen LogP contribution is -2.01. The number of benzene rings is 1. The van der Waals surface area contributed by atoms with Crippen LogP contribution in [0.5, 0.6) is 5.75 Å². The number of halogens is 2. The average Bonchev–Trinajstić information content (AvgIpc) is 2.16. The molecule has 0 saturated carbocycles. The van der Waals surface area contributed by atoms with Crippen LogP contribution in [0, 0.1) is 11.6 Å². The van der Waals surface area contributed by atoms with E-state index < -0.39 is 11.6 Å². The van der Waals surface area contributed by atoms with E-state index in [0.29, 0.717) is 6.42 Å². The van der Waals surface area contributed by atoms with Crippen molar-refractivity contribution in [3.63, 3.8) is 0 Å². The summed E-state index contributed by atoms with van der Waals surface area (Å²) < 4.78 is 31.2. The maximum absolute atomic E-state index is 13.1. The Morgan fingerprint density at radius 3 is 2.29 bits per heavy atom. The number of ether oxygens (including phenoxy) is 1. The molecule has 1 aromatic rings. The Kier molecular flexibility index (Phi) is 3.83. The molecule has 78 valence electrons. The van der Waals surface area contributed by atoms with Crippen LogP contribution < -0.4 is 4.74 Å². The van der Waals surface area contributed by atoms with Gasteiger partial charge in [-0.2, -0.15) is 0 Å². The van der Waals surface area contributed by atoms with Crippen molar-refractivity contribution < 1.29 is 18.6 Å². The van der Waals surface area contributed by atoms with Crippen molar-refractivity contribution in [3.8, 4) is 5.75 Å². The molecule has 0 fully saturated rings. The maximum Gasteiger partial charge on any atom is 0.190 e. The fourth-order valence-corrected chi connectivity index (χ4v) is 1.05. The molecule has 0 aromatic heterocycles. The highest BCUT2D eigenvalue weighted by molar-refractivity contribution is 5.30. The third-order valence-electron chi connectivity index (χ3n) is 1.69. The molecule has 1 N–H and O–H groups in total. The largest absolute Gasteiger partial charge is 0.488 e. The molecule has 0 atom stereocenters. The SMILES string of the molecule is CCCOc1c(F)cc(CO)cc1F. The number of hydrogen-bond acceptors (Lipinski definition) is 2. The molecule has 0 unspecified atom stereocenters. The van der Waals surface area contributed by atoms with E-state index in [1.165, 1.54) is 0 Å². The zero-order valence-corrected chi connectivity index (χ0v) is 7.89. The summed E-state index contributed by atoms with van der Waals surface area (Å²) in [5.74, 6) is -1.92. The highest BCUT2D eigenvalue weighted by atomic mass is 19.1. The minimum Gasteiger partial charge on any atom is -0.488 e. The van der Waals surface area contributed by atoms with Gasteiger partial charge < -0.3 is 9.84 Å². The molecule has 0 spiro atoms. The van der Waals surface area contributed by atoms with Gasteiger partial charge in [-0.1, -0.05) is 6.92 Å². The minimum absolute atomic E-state index is 0.198. The van der Waals surface area contributed by atoms with Crippen molar-refractivity contribution >= 4 is 0 Å². The van der Waals surface area contributed by atoms with E-state index in [4.69, 9.17) is 9.84 Å². The summed E-state index contributed by atoms with van der Waals surface area (Å²) in [6, 6.07) is 2.13. The minimum atomic E-state index is -0.775. The summed E-state index contributed by atoms with van der Waals surface area (Å²) in [6.07, 6.45) is 0.681.